The largest absolute Gasteiger partial charge is 0.103 e. The third-order valence-electron chi connectivity index (χ3n) is 1.14. The molecule has 0 aromatic rings. The van der Waals surface area contributed by atoms with Gasteiger partial charge in [0.25, 0.3) is 0 Å². The van der Waals surface area contributed by atoms with Crippen LogP contribution in [0.25, 0.3) is 0 Å². The van der Waals surface area contributed by atoms with Gasteiger partial charge in [-0.15, -0.1) is 6.58 Å². The first-order valence-corrected chi connectivity index (χ1v) is 3.21. The van der Waals surface area contributed by atoms with Crippen molar-refractivity contribution in [2.24, 2.45) is 0 Å². The van der Waals surface area contributed by atoms with Gasteiger partial charge in [0.05, 0.1) is 0 Å². The molecule has 50 valence electrons. The molecule has 9 heavy (non-hydrogen) atoms. The molecule has 0 spiro atoms. The Kier molecular flexibility index (Phi) is 4.89. The highest BCUT2D eigenvalue weighted by atomic mass is 13.8. The molecule has 0 aromatic carbocycles. The second-order valence-corrected chi connectivity index (χ2v) is 1.96. The molecule has 0 aliphatic rings. The van der Waals surface area contributed by atoms with Crippen molar-refractivity contribution in [1.82, 2.24) is 0 Å². The standard InChI is InChI=1S/C9H14/c1-4-6-7-8-9(3)5-2/h4-5,7-8H,1,6H2,2-3H3/b8-7?,9-5-. The molecule has 0 N–H and O–H groups in total. The van der Waals surface area contributed by atoms with Gasteiger partial charge in [-0.05, 0) is 20.3 Å². The van der Waals surface area contributed by atoms with Crippen LogP contribution >= 0.6 is 0 Å². The maximum Gasteiger partial charge on any atom is -0.0169 e. The van der Waals surface area contributed by atoms with Crippen LogP contribution < -0.4 is 0 Å². The van der Waals surface area contributed by atoms with Crippen molar-refractivity contribution in [3.05, 3.63) is 36.5 Å². The van der Waals surface area contributed by atoms with Crippen LogP contribution in [0.2, 0.25) is 0 Å². The minimum atomic E-state index is 0.963. The molecule has 0 heteroatoms. The van der Waals surface area contributed by atoms with Crippen molar-refractivity contribution in [2.75, 3.05) is 0 Å². The maximum absolute atomic E-state index is 3.61. The molecule has 0 nitrogen and oxygen atoms in total. The van der Waals surface area contributed by atoms with Gasteiger partial charge < -0.3 is 0 Å². The molecule has 0 aromatic heterocycles. The Morgan fingerprint density at radius 1 is 1.56 bits per heavy atom. The molecular formula is C9H14. The summed E-state index contributed by atoms with van der Waals surface area (Å²) in [5.41, 5.74) is 1.30. The lowest BCUT2D eigenvalue weighted by Crippen LogP contribution is -1.63. The number of allylic oxidation sites excluding steroid dienone is 5. The fourth-order valence-corrected chi connectivity index (χ4v) is 0.446. The summed E-state index contributed by atoms with van der Waals surface area (Å²) in [7, 11) is 0. The van der Waals surface area contributed by atoms with Gasteiger partial charge in [-0.25, -0.2) is 0 Å². The monoisotopic (exact) mass is 122 g/mol. The van der Waals surface area contributed by atoms with Crippen molar-refractivity contribution in [3.63, 3.8) is 0 Å². The summed E-state index contributed by atoms with van der Waals surface area (Å²) >= 11 is 0. The number of rotatable bonds is 3. The summed E-state index contributed by atoms with van der Waals surface area (Å²) in [6.07, 6.45) is 9.13. The van der Waals surface area contributed by atoms with Crippen LogP contribution in [-0.4, -0.2) is 0 Å². The fourth-order valence-electron chi connectivity index (χ4n) is 0.446. The summed E-state index contributed by atoms with van der Waals surface area (Å²) in [6.45, 7) is 7.73. The van der Waals surface area contributed by atoms with Gasteiger partial charge in [-0.1, -0.05) is 29.9 Å². The third-order valence-corrected chi connectivity index (χ3v) is 1.14. The Labute approximate surface area is 57.6 Å². The Morgan fingerprint density at radius 2 is 2.22 bits per heavy atom. The van der Waals surface area contributed by atoms with Crippen LogP contribution in [0.4, 0.5) is 0 Å². The molecule has 0 unspecified atom stereocenters. The highest BCUT2D eigenvalue weighted by Gasteiger charge is 1.73. The summed E-state index contributed by atoms with van der Waals surface area (Å²) in [5, 5.41) is 0. The lowest BCUT2D eigenvalue weighted by Gasteiger charge is -1.84. The Bertz CT molecular complexity index is 127. The van der Waals surface area contributed by atoms with E-state index < -0.39 is 0 Å². The van der Waals surface area contributed by atoms with Crippen LogP contribution in [0.15, 0.2) is 36.5 Å². The van der Waals surface area contributed by atoms with Crippen molar-refractivity contribution in [2.45, 2.75) is 20.3 Å². The van der Waals surface area contributed by atoms with E-state index in [0.717, 1.165) is 6.42 Å². The Hall–Kier alpha value is -0.780. The molecule has 0 fully saturated rings. The summed E-state index contributed by atoms with van der Waals surface area (Å²) < 4.78 is 0. The highest BCUT2D eigenvalue weighted by Crippen LogP contribution is 1.94. The SMILES string of the molecule is C=CCC=C/C(C)=C\C. The van der Waals surface area contributed by atoms with Gasteiger partial charge in [0.15, 0.2) is 0 Å². The number of hydrogen-bond acceptors (Lipinski definition) is 0. The molecule has 0 radical (unpaired) electrons. The Morgan fingerprint density at radius 3 is 2.67 bits per heavy atom. The first-order valence-electron chi connectivity index (χ1n) is 3.21. The van der Waals surface area contributed by atoms with Crippen LogP contribution in [0.1, 0.15) is 20.3 Å². The predicted molar refractivity (Wildman–Crippen MR) is 43.4 cm³/mol. The second-order valence-electron chi connectivity index (χ2n) is 1.96. The lowest BCUT2D eigenvalue weighted by atomic mass is 10.2. The molecule has 0 saturated heterocycles. The molecule has 0 aliphatic heterocycles. The minimum Gasteiger partial charge on any atom is -0.103 e. The Balaban J connectivity index is 3.56. The van der Waals surface area contributed by atoms with E-state index in [0.29, 0.717) is 0 Å². The molecule has 0 heterocycles. The van der Waals surface area contributed by atoms with Gasteiger partial charge in [0.1, 0.15) is 0 Å². The molecular weight excluding hydrogens is 108 g/mol. The zero-order valence-electron chi connectivity index (χ0n) is 6.22. The zero-order valence-corrected chi connectivity index (χ0v) is 6.22. The quantitative estimate of drug-likeness (QED) is 0.398. The summed E-state index contributed by atoms with van der Waals surface area (Å²) in [6, 6.07) is 0. The maximum atomic E-state index is 3.61. The van der Waals surface area contributed by atoms with E-state index in [2.05, 4.69) is 31.7 Å². The van der Waals surface area contributed by atoms with E-state index in [-0.39, 0.29) is 0 Å². The second kappa shape index (κ2) is 5.36. The first kappa shape index (κ1) is 8.22. The lowest BCUT2D eigenvalue weighted by molar-refractivity contribution is 1.37. The summed E-state index contributed by atoms with van der Waals surface area (Å²) in [4.78, 5) is 0. The smallest absolute Gasteiger partial charge is 0.0169 e. The van der Waals surface area contributed by atoms with E-state index in [1.54, 1.807) is 0 Å². The normalized spacial score (nSPS) is 12.4. The van der Waals surface area contributed by atoms with Crippen LogP contribution in [-0.2, 0) is 0 Å². The predicted octanol–water partition coefficient (Wildman–Crippen LogP) is 3.08. The molecule has 0 rings (SSSR count). The van der Waals surface area contributed by atoms with Crippen LogP contribution in [0, 0.1) is 0 Å². The van der Waals surface area contributed by atoms with E-state index in [9.17, 15) is 0 Å². The van der Waals surface area contributed by atoms with Crippen molar-refractivity contribution in [1.29, 1.82) is 0 Å². The van der Waals surface area contributed by atoms with E-state index in [1.165, 1.54) is 5.57 Å². The van der Waals surface area contributed by atoms with Crippen LogP contribution in [0.3, 0.4) is 0 Å². The van der Waals surface area contributed by atoms with Gasteiger partial charge in [-0.2, -0.15) is 0 Å². The van der Waals surface area contributed by atoms with Gasteiger partial charge in [-0.3, -0.25) is 0 Å². The van der Waals surface area contributed by atoms with E-state index in [4.69, 9.17) is 0 Å². The molecule has 0 amide bonds. The van der Waals surface area contributed by atoms with Crippen LogP contribution in [0.5, 0.6) is 0 Å². The van der Waals surface area contributed by atoms with E-state index in [1.807, 2.05) is 13.0 Å². The van der Waals surface area contributed by atoms with Crippen molar-refractivity contribution >= 4 is 0 Å². The first-order chi connectivity index (χ1) is 4.31. The van der Waals surface area contributed by atoms with E-state index >= 15 is 0 Å². The van der Waals surface area contributed by atoms with Crippen molar-refractivity contribution < 1.29 is 0 Å². The molecule has 0 aliphatic carbocycles. The average Bonchev–Trinajstić information content (AvgIpc) is 1.89. The zero-order chi connectivity index (χ0) is 7.11. The topological polar surface area (TPSA) is 0 Å². The highest BCUT2D eigenvalue weighted by molar-refractivity contribution is 5.15. The van der Waals surface area contributed by atoms with Crippen molar-refractivity contribution in [3.8, 4) is 0 Å². The molecule has 0 bridgehead atoms. The third kappa shape index (κ3) is 5.09. The molecule has 0 atom stereocenters. The summed E-state index contributed by atoms with van der Waals surface area (Å²) in [5.74, 6) is 0. The fraction of sp³-hybridized carbons (Fsp3) is 0.333. The van der Waals surface area contributed by atoms with Gasteiger partial charge in [0, 0.05) is 0 Å². The number of hydrogen-bond donors (Lipinski definition) is 0. The van der Waals surface area contributed by atoms with Gasteiger partial charge >= 0.3 is 0 Å². The van der Waals surface area contributed by atoms with Gasteiger partial charge in [0.2, 0.25) is 0 Å². The average molecular weight is 122 g/mol. The minimum absolute atomic E-state index is 0.963. The molecule has 0 saturated carbocycles.